The Morgan fingerprint density at radius 2 is 2.24 bits per heavy atom. The highest BCUT2D eigenvalue weighted by Gasteiger charge is 1.99. The van der Waals surface area contributed by atoms with Gasteiger partial charge in [0, 0.05) is 23.1 Å². The molecule has 0 spiro atoms. The average Bonchev–Trinajstić information content (AvgIpc) is 2.30. The summed E-state index contributed by atoms with van der Waals surface area (Å²) in [5.74, 6) is 0.293. The monoisotopic (exact) mass is 299 g/mol. The number of anilines is 1. The second-order valence-electron chi connectivity index (χ2n) is 3.96. The Hall–Kier alpha value is -1.23. The number of oxime groups is 1. The molecule has 0 saturated carbocycles. The summed E-state index contributed by atoms with van der Waals surface area (Å²) in [6, 6.07) is 6.21. The SMILES string of the molecule is Cc1ccc(NCCCCC(N)=NO)c(Br)c1. The zero-order chi connectivity index (χ0) is 12.7. The molecular formula is C12H18BrN3O. The summed E-state index contributed by atoms with van der Waals surface area (Å²) in [7, 11) is 0. The molecule has 0 saturated heterocycles. The molecule has 4 N–H and O–H groups in total. The van der Waals surface area contributed by atoms with Crippen molar-refractivity contribution in [3.05, 3.63) is 28.2 Å². The van der Waals surface area contributed by atoms with Crippen molar-refractivity contribution >= 4 is 27.5 Å². The average molecular weight is 300 g/mol. The van der Waals surface area contributed by atoms with Gasteiger partial charge in [-0.3, -0.25) is 0 Å². The first kappa shape index (κ1) is 13.8. The highest BCUT2D eigenvalue weighted by atomic mass is 79.9. The normalized spacial score (nSPS) is 11.5. The summed E-state index contributed by atoms with van der Waals surface area (Å²) in [5, 5.41) is 14.6. The molecule has 5 heteroatoms. The van der Waals surface area contributed by atoms with Gasteiger partial charge in [0.1, 0.15) is 5.84 Å². The number of halogens is 1. The van der Waals surface area contributed by atoms with Crippen LogP contribution >= 0.6 is 15.9 Å². The number of rotatable bonds is 6. The molecule has 1 rings (SSSR count). The van der Waals surface area contributed by atoms with Crippen molar-refractivity contribution in [2.75, 3.05) is 11.9 Å². The quantitative estimate of drug-likeness (QED) is 0.248. The molecule has 94 valence electrons. The number of benzene rings is 1. The fourth-order valence-electron chi connectivity index (χ4n) is 1.47. The van der Waals surface area contributed by atoms with E-state index in [0.29, 0.717) is 12.3 Å². The molecule has 0 bridgehead atoms. The third-order valence-corrected chi connectivity index (χ3v) is 3.08. The minimum absolute atomic E-state index is 0.293. The largest absolute Gasteiger partial charge is 0.409 e. The van der Waals surface area contributed by atoms with Gasteiger partial charge in [-0.25, -0.2) is 0 Å². The van der Waals surface area contributed by atoms with Crippen molar-refractivity contribution in [1.82, 2.24) is 0 Å². The Bertz CT molecular complexity index is 393. The number of nitrogens with one attached hydrogen (secondary N) is 1. The molecule has 1 aromatic carbocycles. The lowest BCUT2D eigenvalue weighted by molar-refractivity contribution is 0.316. The zero-order valence-electron chi connectivity index (χ0n) is 9.91. The molecule has 17 heavy (non-hydrogen) atoms. The van der Waals surface area contributed by atoms with Crippen LogP contribution < -0.4 is 11.1 Å². The topological polar surface area (TPSA) is 70.6 Å². The van der Waals surface area contributed by atoms with Crippen LogP contribution in [0.25, 0.3) is 0 Å². The van der Waals surface area contributed by atoms with E-state index in [1.54, 1.807) is 0 Å². The Balaban J connectivity index is 2.27. The van der Waals surface area contributed by atoms with Gasteiger partial charge in [-0.15, -0.1) is 0 Å². The number of nitrogens with zero attached hydrogens (tertiary/aromatic N) is 1. The smallest absolute Gasteiger partial charge is 0.139 e. The van der Waals surface area contributed by atoms with E-state index < -0.39 is 0 Å². The van der Waals surface area contributed by atoms with Gasteiger partial charge < -0.3 is 16.3 Å². The van der Waals surface area contributed by atoms with E-state index in [4.69, 9.17) is 10.9 Å². The summed E-state index contributed by atoms with van der Waals surface area (Å²) in [6.45, 7) is 2.94. The fourth-order valence-corrected chi connectivity index (χ4v) is 2.10. The number of nitrogens with two attached hydrogens (primary N) is 1. The van der Waals surface area contributed by atoms with Gasteiger partial charge in [0.25, 0.3) is 0 Å². The molecule has 4 nitrogen and oxygen atoms in total. The van der Waals surface area contributed by atoms with E-state index in [0.717, 1.165) is 29.5 Å². The van der Waals surface area contributed by atoms with Gasteiger partial charge in [0.15, 0.2) is 0 Å². The molecule has 0 aliphatic rings. The second kappa shape index (κ2) is 7.17. The fraction of sp³-hybridized carbons (Fsp3) is 0.417. The molecule has 1 aromatic rings. The van der Waals surface area contributed by atoms with Gasteiger partial charge >= 0.3 is 0 Å². The number of aryl methyl sites for hydroxylation is 1. The van der Waals surface area contributed by atoms with Crippen molar-refractivity contribution in [2.45, 2.75) is 26.2 Å². The minimum Gasteiger partial charge on any atom is -0.409 e. The molecule has 0 aliphatic heterocycles. The molecular weight excluding hydrogens is 282 g/mol. The van der Waals surface area contributed by atoms with E-state index in [9.17, 15) is 0 Å². The number of amidine groups is 1. The van der Waals surface area contributed by atoms with Crippen LogP contribution in [0.1, 0.15) is 24.8 Å². The molecule has 0 aromatic heterocycles. The Kier molecular flexibility index (Phi) is 5.83. The van der Waals surface area contributed by atoms with Gasteiger partial charge in [-0.1, -0.05) is 11.2 Å². The van der Waals surface area contributed by atoms with Gasteiger partial charge in [0.05, 0.1) is 0 Å². The van der Waals surface area contributed by atoms with Gasteiger partial charge in [-0.2, -0.15) is 0 Å². The second-order valence-corrected chi connectivity index (χ2v) is 4.81. The van der Waals surface area contributed by atoms with Crippen LogP contribution in [-0.4, -0.2) is 17.6 Å². The third-order valence-electron chi connectivity index (χ3n) is 2.43. The maximum Gasteiger partial charge on any atom is 0.139 e. The summed E-state index contributed by atoms with van der Waals surface area (Å²) in [4.78, 5) is 0. The van der Waals surface area contributed by atoms with Crippen molar-refractivity contribution in [2.24, 2.45) is 10.9 Å². The maximum atomic E-state index is 8.37. The summed E-state index contributed by atoms with van der Waals surface area (Å²) >= 11 is 3.52. The standard InChI is InChI=1S/C12H18BrN3O/c1-9-5-6-11(10(13)8-9)15-7-3-2-4-12(14)16-17/h5-6,8,15,17H,2-4,7H2,1H3,(H2,14,16). The van der Waals surface area contributed by atoms with Crippen LogP contribution in [0.4, 0.5) is 5.69 Å². The Morgan fingerprint density at radius 1 is 1.47 bits per heavy atom. The lowest BCUT2D eigenvalue weighted by Gasteiger charge is -2.08. The van der Waals surface area contributed by atoms with E-state index >= 15 is 0 Å². The van der Waals surface area contributed by atoms with Crippen molar-refractivity contribution in [3.63, 3.8) is 0 Å². The van der Waals surface area contributed by atoms with E-state index in [2.05, 4.69) is 51.5 Å². The maximum absolute atomic E-state index is 8.37. The van der Waals surface area contributed by atoms with Crippen molar-refractivity contribution < 1.29 is 5.21 Å². The van der Waals surface area contributed by atoms with Gasteiger partial charge in [0.2, 0.25) is 0 Å². The lowest BCUT2D eigenvalue weighted by Crippen LogP contribution is -2.12. The van der Waals surface area contributed by atoms with Crippen LogP contribution in [0.15, 0.2) is 27.8 Å². The number of hydrogen-bond donors (Lipinski definition) is 3. The summed E-state index contributed by atoms with van der Waals surface area (Å²) in [5.41, 5.74) is 7.71. The van der Waals surface area contributed by atoms with Crippen LogP contribution in [0.3, 0.4) is 0 Å². The van der Waals surface area contributed by atoms with E-state index in [1.807, 2.05) is 0 Å². The predicted molar refractivity (Wildman–Crippen MR) is 74.6 cm³/mol. The highest BCUT2D eigenvalue weighted by molar-refractivity contribution is 9.10. The minimum atomic E-state index is 0.293. The first-order valence-corrected chi connectivity index (χ1v) is 6.39. The lowest BCUT2D eigenvalue weighted by atomic mass is 10.2. The van der Waals surface area contributed by atoms with Gasteiger partial charge in [-0.05, 0) is 53.4 Å². The molecule has 0 radical (unpaired) electrons. The summed E-state index contributed by atoms with van der Waals surface area (Å²) < 4.78 is 1.08. The zero-order valence-corrected chi connectivity index (χ0v) is 11.5. The summed E-state index contributed by atoms with van der Waals surface area (Å²) in [6.07, 6.45) is 2.52. The Labute approximate surface area is 110 Å². The molecule has 0 heterocycles. The van der Waals surface area contributed by atoms with Crippen molar-refractivity contribution in [3.8, 4) is 0 Å². The number of hydrogen-bond acceptors (Lipinski definition) is 3. The van der Waals surface area contributed by atoms with Crippen LogP contribution in [0.5, 0.6) is 0 Å². The number of unbranched alkanes of at least 4 members (excludes halogenated alkanes) is 1. The molecule has 0 unspecified atom stereocenters. The highest BCUT2D eigenvalue weighted by Crippen LogP contribution is 2.23. The van der Waals surface area contributed by atoms with Crippen LogP contribution in [0, 0.1) is 6.92 Å². The van der Waals surface area contributed by atoms with Crippen LogP contribution in [-0.2, 0) is 0 Å². The molecule has 0 amide bonds. The van der Waals surface area contributed by atoms with Crippen molar-refractivity contribution in [1.29, 1.82) is 0 Å². The van der Waals surface area contributed by atoms with E-state index in [-0.39, 0.29) is 0 Å². The molecule has 0 aliphatic carbocycles. The first-order valence-electron chi connectivity index (χ1n) is 5.60. The predicted octanol–water partition coefficient (Wildman–Crippen LogP) is 3.09. The van der Waals surface area contributed by atoms with Crippen LogP contribution in [0.2, 0.25) is 0 Å². The third kappa shape index (κ3) is 5.08. The first-order chi connectivity index (χ1) is 8.13. The Morgan fingerprint density at radius 3 is 2.88 bits per heavy atom. The molecule has 0 atom stereocenters. The van der Waals surface area contributed by atoms with E-state index in [1.165, 1.54) is 5.56 Å². The molecule has 0 fully saturated rings.